The summed E-state index contributed by atoms with van der Waals surface area (Å²) in [5, 5.41) is 11.1. The Kier molecular flexibility index (Phi) is 6.19. The first kappa shape index (κ1) is 16.6. The monoisotopic (exact) mass is 308 g/mol. The molecule has 0 radical (unpaired) electrons. The molecule has 4 heteroatoms. The Morgan fingerprint density at radius 2 is 1.61 bits per heavy atom. The van der Waals surface area contributed by atoms with E-state index >= 15 is 0 Å². The summed E-state index contributed by atoms with van der Waals surface area (Å²) in [6, 6.07) is 17.7. The molecule has 0 aliphatic rings. The molecular weight excluding hydrogens is 288 g/mol. The van der Waals surface area contributed by atoms with Gasteiger partial charge >= 0.3 is 0 Å². The molecule has 0 heterocycles. The molecule has 4 nitrogen and oxygen atoms in total. The van der Waals surface area contributed by atoms with E-state index in [1.54, 1.807) is 0 Å². The van der Waals surface area contributed by atoms with Gasteiger partial charge in [-0.15, -0.1) is 0 Å². The molecular formula is C19H20N2O2. The Hall–Kier alpha value is -2.80. The molecule has 23 heavy (non-hydrogen) atoms. The van der Waals surface area contributed by atoms with Crippen LogP contribution in [0.1, 0.15) is 24.5 Å². The molecule has 1 N–H and O–H groups in total. The van der Waals surface area contributed by atoms with Crippen LogP contribution in [0.2, 0.25) is 0 Å². The maximum atomic E-state index is 11.2. The van der Waals surface area contributed by atoms with Gasteiger partial charge < -0.3 is 10.1 Å². The van der Waals surface area contributed by atoms with Crippen LogP contribution < -0.4 is 10.1 Å². The Labute approximate surface area is 136 Å². The number of hydrogen-bond donors (Lipinski definition) is 1. The number of nitrogens with one attached hydrogen (secondary N) is 1. The number of aryl methyl sites for hydroxylation is 1. The highest BCUT2D eigenvalue weighted by atomic mass is 16.5. The number of nitriles is 1. The summed E-state index contributed by atoms with van der Waals surface area (Å²) in [5.41, 5.74) is 2.39. The zero-order valence-corrected chi connectivity index (χ0v) is 13.2. The maximum absolute atomic E-state index is 11.2. The summed E-state index contributed by atoms with van der Waals surface area (Å²) < 4.78 is 5.80. The van der Waals surface area contributed by atoms with Crippen LogP contribution in [0.3, 0.4) is 0 Å². The van der Waals surface area contributed by atoms with E-state index in [0.717, 1.165) is 29.9 Å². The molecule has 0 unspecified atom stereocenters. The third-order valence-corrected chi connectivity index (χ3v) is 3.47. The summed E-state index contributed by atoms with van der Waals surface area (Å²) in [6.45, 7) is 2.65. The summed E-state index contributed by atoms with van der Waals surface area (Å²) in [6.07, 6.45) is 1.64. The average Bonchev–Trinajstić information content (AvgIpc) is 2.57. The van der Waals surface area contributed by atoms with E-state index in [1.165, 1.54) is 5.56 Å². The number of rotatable bonds is 7. The highest BCUT2D eigenvalue weighted by Gasteiger charge is 2.01. The molecule has 0 aliphatic carbocycles. The van der Waals surface area contributed by atoms with Gasteiger partial charge in [0, 0.05) is 6.54 Å². The first-order valence-electron chi connectivity index (χ1n) is 7.70. The fourth-order valence-corrected chi connectivity index (χ4v) is 2.13. The molecule has 0 spiro atoms. The van der Waals surface area contributed by atoms with E-state index in [1.807, 2.05) is 42.5 Å². The van der Waals surface area contributed by atoms with Gasteiger partial charge in [0.1, 0.15) is 17.9 Å². The topological polar surface area (TPSA) is 62.1 Å². The second-order valence-electron chi connectivity index (χ2n) is 5.18. The predicted octanol–water partition coefficient (Wildman–Crippen LogP) is 3.61. The van der Waals surface area contributed by atoms with Crippen LogP contribution in [0.5, 0.6) is 11.5 Å². The Balaban J connectivity index is 1.84. The van der Waals surface area contributed by atoms with Gasteiger partial charge in [0.25, 0.3) is 0 Å². The third-order valence-electron chi connectivity index (χ3n) is 3.47. The quantitative estimate of drug-likeness (QED) is 0.850. The molecule has 2 rings (SSSR count). The molecule has 0 saturated carbocycles. The Morgan fingerprint density at radius 3 is 2.13 bits per heavy atom. The number of ether oxygens (including phenoxy) is 1. The number of nitrogens with zero attached hydrogens (tertiary/aromatic N) is 1. The van der Waals surface area contributed by atoms with Gasteiger partial charge in [0.2, 0.25) is 5.91 Å². The largest absolute Gasteiger partial charge is 0.457 e. The fraction of sp³-hybridized carbons (Fsp3) is 0.263. The Bertz CT molecular complexity index is 670. The van der Waals surface area contributed by atoms with E-state index in [2.05, 4.69) is 24.4 Å². The SMILES string of the molecule is CCc1ccc(Oc2ccc(CCNC(=O)CC#N)cc2)cc1. The van der Waals surface area contributed by atoms with Crippen molar-refractivity contribution in [3.05, 3.63) is 59.7 Å². The number of hydrogen-bond acceptors (Lipinski definition) is 3. The molecule has 118 valence electrons. The van der Waals surface area contributed by atoms with Gasteiger partial charge in [-0.3, -0.25) is 4.79 Å². The van der Waals surface area contributed by atoms with Gasteiger partial charge in [0.15, 0.2) is 0 Å². The number of amides is 1. The van der Waals surface area contributed by atoms with Crippen LogP contribution in [0, 0.1) is 11.3 Å². The smallest absolute Gasteiger partial charge is 0.234 e. The van der Waals surface area contributed by atoms with Crippen molar-refractivity contribution in [2.24, 2.45) is 0 Å². The van der Waals surface area contributed by atoms with Gasteiger partial charge in [-0.05, 0) is 48.2 Å². The molecule has 0 bridgehead atoms. The van der Waals surface area contributed by atoms with Crippen molar-refractivity contribution in [1.29, 1.82) is 5.26 Å². The maximum Gasteiger partial charge on any atom is 0.234 e. The molecule has 2 aromatic carbocycles. The number of carbonyl (C=O) groups excluding carboxylic acids is 1. The first-order chi connectivity index (χ1) is 11.2. The average molecular weight is 308 g/mol. The van der Waals surface area contributed by atoms with Crippen LogP contribution >= 0.6 is 0 Å². The van der Waals surface area contributed by atoms with Gasteiger partial charge in [0.05, 0.1) is 6.07 Å². The normalized spacial score (nSPS) is 9.91. The van der Waals surface area contributed by atoms with Crippen molar-refractivity contribution >= 4 is 5.91 Å². The number of benzene rings is 2. The molecule has 0 atom stereocenters. The minimum absolute atomic E-state index is 0.0937. The molecule has 1 amide bonds. The molecule has 0 saturated heterocycles. The highest BCUT2D eigenvalue weighted by Crippen LogP contribution is 2.22. The molecule has 0 fully saturated rings. The van der Waals surface area contributed by atoms with Crippen LogP contribution in [0.15, 0.2) is 48.5 Å². The molecule has 0 aliphatic heterocycles. The number of carbonyl (C=O) groups is 1. The zero-order chi connectivity index (χ0) is 16.5. The van der Waals surface area contributed by atoms with Crippen molar-refractivity contribution < 1.29 is 9.53 Å². The molecule has 2 aromatic rings. The highest BCUT2D eigenvalue weighted by molar-refractivity contribution is 5.77. The Morgan fingerprint density at radius 1 is 1.04 bits per heavy atom. The lowest BCUT2D eigenvalue weighted by molar-refractivity contribution is -0.120. The van der Waals surface area contributed by atoms with Gasteiger partial charge in [-0.1, -0.05) is 31.2 Å². The van der Waals surface area contributed by atoms with Crippen molar-refractivity contribution in [2.75, 3.05) is 6.54 Å². The second kappa shape index (κ2) is 8.60. The summed E-state index contributed by atoms with van der Waals surface area (Å²) in [7, 11) is 0. The van der Waals surface area contributed by atoms with E-state index < -0.39 is 0 Å². The fourth-order valence-electron chi connectivity index (χ4n) is 2.13. The van der Waals surface area contributed by atoms with E-state index in [4.69, 9.17) is 10.00 Å². The van der Waals surface area contributed by atoms with E-state index in [0.29, 0.717) is 6.54 Å². The predicted molar refractivity (Wildman–Crippen MR) is 89.3 cm³/mol. The van der Waals surface area contributed by atoms with E-state index in [-0.39, 0.29) is 12.3 Å². The summed E-state index contributed by atoms with van der Waals surface area (Å²) in [5.74, 6) is 1.37. The van der Waals surface area contributed by atoms with E-state index in [9.17, 15) is 4.79 Å². The third kappa shape index (κ3) is 5.48. The van der Waals surface area contributed by atoms with Crippen molar-refractivity contribution in [3.8, 4) is 17.6 Å². The second-order valence-corrected chi connectivity index (χ2v) is 5.18. The first-order valence-corrected chi connectivity index (χ1v) is 7.70. The van der Waals surface area contributed by atoms with Crippen molar-refractivity contribution in [1.82, 2.24) is 5.32 Å². The van der Waals surface area contributed by atoms with Crippen LogP contribution in [-0.4, -0.2) is 12.5 Å². The van der Waals surface area contributed by atoms with Crippen molar-refractivity contribution in [3.63, 3.8) is 0 Å². The van der Waals surface area contributed by atoms with Crippen LogP contribution in [0.25, 0.3) is 0 Å². The lowest BCUT2D eigenvalue weighted by Gasteiger charge is -2.08. The summed E-state index contributed by atoms with van der Waals surface area (Å²) in [4.78, 5) is 11.2. The minimum Gasteiger partial charge on any atom is -0.457 e. The van der Waals surface area contributed by atoms with Crippen LogP contribution in [0.4, 0.5) is 0 Å². The zero-order valence-electron chi connectivity index (χ0n) is 13.2. The van der Waals surface area contributed by atoms with Gasteiger partial charge in [-0.2, -0.15) is 5.26 Å². The molecule has 0 aromatic heterocycles. The van der Waals surface area contributed by atoms with Crippen LogP contribution in [-0.2, 0) is 17.6 Å². The lowest BCUT2D eigenvalue weighted by atomic mass is 10.1. The minimum atomic E-state index is -0.233. The van der Waals surface area contributed by atoms with Crippen molar-refractivity contribution in [2.45, 2.75) is 26.2 Å². The standard InChI is InChI=1S/C19H20N2O2/c1-2-15-3-7-17(8-4-15)23-18-9-5-16(6-10-18)12-14-21-19(22)11-13-20/h3-10H,2,11-12,14H2,1H3,(H,21,22). The van der Waals surface area contributed by atoms with Gasteiger partial charge in [-0.25, -0.2) is 0 Å². The lowest BCUT2D eigenvalue weighted by Crippen LogP contribution is -2.24. The summed E-state index contributed by atoms with van der Waals surface area (Å²) >= 11 is 0.